The van der Waals surface area contributed by atoms with Gasteiger partial charge in [-0.25, -0.2) is 9.97 Å². The van der Waals surface area contributed by atoms with Crippen molar-refractivity contribution in [3.05, 3.63) is 130 Å². The molecule has 0 saturated carbocycles. The van der Waals surface area contributed by atoms with Gasteiger partial charge in [-0.15, -0.1) is 34.0 Å². The first-order valence-corrected chi connectivity index (χ1v) is 21.8. The predicted molar refractivity (Wildman–Crippen MR) is 237 cm³/mol. The van der Waals surface area contributed by atoms with Crippen LogP contribution >= 0.6 is 34.0 Å². The predicted octanol–water partition coefficient (Wildman–Crippen LogP) is 8.96. The molecule has 2 fully saturated rings. The number of para-hydroxylation sites is 4. The third-order valence-electron chi connectivity index (χ3n) is 10.7. The van der Waals surface area contributed by atoms with Crippen LogP contribution < -0.4 is 31.1 Å². The molecule has 4 aromatic carbocycles. The Kier molecular flexibility index (Phi) is 9.93. The van der Waals surface area contributed by atoms with E-state index in [0.717, 1.165) is 99.5 Å². The van der Waals surface area contributed by atoms with Crippen LogP contribution in [0, 0.1) is 0 Å². The fourth-order valence-corrected chi connectivity index (χ4v) is 10.3. The summed E-state index contributed by atoms with van der Waals surface area (Å²) in [6.07, 6.45) is 1.67. The summed E-state index contributed by atoms with van der Waals surface area (Å²) in [5.41, 5.74) is 8.19. The van der Waals surface area contributed by atoms with Gasteiger partial charge in [0.2, 0.25) is 0 Å². The Morgan fingerprint density at radius 1 is 0.690 bits per heavy atom. The van der Waals surface area contributed by atoms with Gasteiger partial charge in [-0.05, 0) is 83.1 Å². The smallest absolute Gasteiger partial charge is 0.275 e. The van der Waals surface area contributed by atoms with Gasteiger partial charge in [-0.3, -0.25) is 9.59 Å². The number of carbonyl (C=O) groups excluding carboxylic acids is 2. The van der Waals surface area contributed by atoms with Crippen LogP contribution in [0.3, 0.4) is 0 Å². The molecule has 2 amide bonds. The Balaban J connectivity index is 0.866. The lowest BCUT2D eigenvalue weighted by Gasteiger charge is -2.36. The second-order valence-corrected chi connectivity index (χ2v) is 16.9. The van der Waals surface area contributed by atoms with Gasteiger partial charge in [0.1, 0.15) is 27.0 Å². The summed E-state index contributed by atoms with van der Waals surface area (Å²) in [6, 6.07) is 30.3. The molecule has 0 spiro atoms. The van der Waals surface area contributed by atoms with E-state index in [1.54, 1.807) is 23.0 Å². The second kappa shape index (κ2) is 15.8. The zero-order valence-corrected chi connectivity index (χ0v) is 33.7. The van der Waals surface area contributed by atoms with Crippen LogP contribution in [0.1, 0.15) is 32.6 Å². The summed E-state index contributed by atoms with van der Waals surface area (Å²) >= 11 is 4.65. The average molecular weight is 823 g/mol. The van der Waals surface area contributed by atoms with E-state index in [2.05, 4.69) is 66.8 Å². The van der Waals surface area contributed by atoms with E-state index in [9.17, 15) is 9.59 Å². The molecular weight excluding hydrogens is 785 g/mol. The van der Waals surface area contributed by atoms with E-state index >= 15 is 0 Å². The summed E-state index contributed by atoms with van der Waals surface area (Å²) < 4.78 is 6.70. The highest BCUT2D eigenvalue weighted by Gasteiger charge is 2.27. The number of hydrogen-bond donors (Lipinski definition) is 4. The van der Waals surface area contributed by atoms with Gasteiger partial charge in [0.05, 0.1) is 35.1 Å². The highest BCUT2D eigenvalue weighted by atomic mass is 32.1. The standard InChI is InChI=1S/C44H38N8O3S3/c53-41(35-25-57-43(49-35)29-9-10-39-27(21-29)11-19-55-39)48-33-6-2-4-8-38(33)52-18-15-46-34(24-52)31-23-30(22-28-12-20-56-40(28)31)44-50-36(26-58-44)42(54)47-32-5-1-3-7-37(32)51-16-13-45-14-17-51/h1-12,19-23,25-26,34,45-46H,13-18,24H2,(H,47,54)(H,48,53). The molecule has 6 heterocycles. The van der Waals surface area contributed by atoms with Crippen LogP contribution in [0.15, 0.2) is 118 Å². The number of thiazole rings is 2. The molecule has 2 saturated heterocycles. The van der Waals surface area contributed by atoms with E-state index in [1.165, 1.54) is 32.9 Å². The third-order valence-corrected chi connectivity index (χ3v) is 13.4. The molecule has 8 aromatic rings. The normalized spacial score (nSPS) is 15.9. The molecule has 10 rings (SSSR count). The lowest BCUT2D eigenvalue weighted by atomic mass is 9.99. The molecule has 4 N–H and O–H groups in total. The van der Waals surface area contributed by atoms with Crippen LogP contribution in [0.4, 0.5) is 22.7 Å². The minimum atomic E-state index is -0.251. The Morgan fingerprint density at radius 3 is 2.09 bits per heavy atom. The molecule has 11 nitrogen and oxygen atoms in total. The molecule has 290 valence electrons. The van der Waals surface area contributed by atoms with Crippen LogP contribution in [0.5, 0.6) is 0 Å². The minimum absolute atomic E-state index is 0.0106. The lowest BCUT2D eigenvalue weighted by molar-refractivity contribution is 0.101. The van der Waals surface area contributed by atoms with Gasteiger partial charge in [0.25, 0.3) is 11.8 Å². The van der Waals surface area contributed by atoms with E-state index in [1.807, 2.05) is 66.0 Å². The average Bonchev–Trinajstić information content (AvgIpc) is 4.11. The van der Waals surface area contributed by atoms with E-state index in [4.69, 9.17) is 14.4 Å². The monoisotopic (exact) mass is 822 g/mol. The number of rotatable bonds is 9. The first-order chi connectivity index (χ1) is 28.5. The van der Waals surface area contributed by atoms with Crippen LogP contribution in [-0.4, -0.2) is 67.6 Å². The van der Waals surface area contributed by atoms with Gasteiger partial charge >= 0.3 is 0 Å². The number of thiophene rings is 1. The topological polar surface area (TPSA) is 128 Å². The Morgan fingerprint density at radius 2 is 1.34 bits per heavy atom. The van der Waals surface area contributed by atoms with Crippen LogP contribution in [0.2, 0.25) is 0 Å². The van der Waals surface area contributed by atoms with Crippen molar-refractivity contribution in [2.45, 2.75) is 6.04 Å². The highest BCUT2D eigenvalue weighted by Crippen LogP contribution is 2.38. The van der Waals surface area contributed by atoms with Gasteiger partial charge in [0, 0.05) is 77.8 Å². The quantitative estimate of drug-likeness (QED) is 0.113. The van der Waals surface area contributed by atoms with Crippen LogP contribution in [-0.2, 0) is 0 Å². The van der Waals surface area contributed by atoms with E-state index < -0.39 is 0 Å². The molecule has 1 unspecified atom stereocenters. The van der Waals surface area contributed by atoms with Crippen molar-refractivity contribution in [2.24, 2.45) is 0 Å². The molecule has 1 atom stereocenters. The minimum Gasteiger partial charge on any atom is -0.464 e. The second-order valence-electron chi connectivity index (χ2n) is 14.3. The van der Waals surface area contributed by atoms with Gasteiger partial charge in [-0.2, -0.15) is 0 Å². The van der Waals surface area contributed by atoms with Gasteiger partial charge in [0.15, 0.2) is 0 Å². The van der Waals surface area contributed by atoms with Crippen molar-refractivity contribution < 1.29 is 14.0 Å². The molecule has 0 aliphatic carbocycles. The summed E-state index contributed by atoms with van der Waals surface area (Å²) in [5.74, 6) is -0.473. The molecule has 0 bridgehead atoms. The summed E-state index contributed by atoms with van der Waals surface area (Å²) in [6.45, 7) is 5.83. The highest BCUT2D eigenvalue weighted by molar-refractivity contribution is 7.17. The fraction of sp³-hybridized carbons (Fsp3) is 0.182. The number of aromatic nitrogens is 2. The number of carbonyl (C=O) groups is 2. The largest absolute Gasteiger partial charge is 0.464 e. The summed E-state index contributed by atoms with van der Waals surface area (Å²) in [7, 11) is 0. The van der Waals surface area contributed by atoms with Crippen molar-refractivity contribution in [1.82, 2.24) is 20.6 Å². The third kappa shape index (κ3) is 7.25. The lowest BCUT2D eigenvalue weighted by Crippen LogP contribution is -2.46. The Bertz CT molecular complexity index is 2780. The molecule has 14 heteroatoms. The first-order valence-electron chi connectivity index (χ1n) is 19.2. The number of nitrogens with zero attached hydrogens (tertiary/aromatic N) is 4. The van der Waals surface area contributed by atoms with Crippen molar-refractivity contribution in [1.29, 1.82) is 0 Å². The Labute approximate surface area is 346 Å². The van der Waals surface area contributed by atoms with Crippen molar-refractivity contribution >= 4 is 89.6 Å². The van der Waals surface area contributed by atoms with Gasteiger partial charge in [-0.1, -0.05) is 24.3 Å². The maximum atomic E-state index is 13.6. The number of anilines is 4. The molecular formula is C44H38N8O3S3. The molecule has 4 aromatic heterocycles. The van der Waals surface area contributed by atoms with E-state index in [0.29, 0.717) is 17.9 Å². The van der Waals surface area contributed by atoms with Gasteiger partial charge < -0.3 is 35.5 Å². The number of furan rings is 1. The Hall–Kier alpha value is -5.90. The SMILES string of the molecule is O=C(Nc1ccccc1N1CCNCC1)c1csc(-c2cc(C3CN(c4ccccc4NC(=O)c4csc(-c5ccc6occc6c5)n4)CCN3)c3sccc3c2)n1. The first kappa shape index (κ1) is 36.4. The number of benzene rings is 4. The maximum absolute atomic E-state index is 13.6. The number of amides is 2. The molecule has 2 aliphatic rings. The van der Waals surface area contributed by atoms with E-state index in [-0.39, 0.29) is 17.9 Å². The zero-order chi connectivity index (χ0) is 39.0. The number of nitrogens with one attached hydrogen (secondary N) is 4. The van der Waals surface area contributed by atoms with Crippen molar-refractivity contribution in [2.75, 3.05) is 66.2 Å². The van der Waals surface area contributed by atoms with Crippen molar-refractivity contribution in [3.8, 4) is 21.1 Å². The summed E-state index contributed by atoms with van der Waals surface area (Å²) in [5, 5.41) is 22.9. The fourth-order valence-electron chi connectivity index (χ4n) is 7.78. The van der Waals surface area contributed by atoms with Crippen molar-refractivity contribution in [3.63, 3.8) is 0 Å². The van der Waals surface area contributed by atoms with Crippen LogP contribution in [0.25, 0.3) is 42.2 Å². The zero-order valence-electron chi connectivity index (χ0n) is 31.2. The molecule has 0 radical (unpaired) electrons. The number of hydrogen-bond acceptors (Lipinski definition) is 12. The summed E-state index contributed by atoms with van der Waals surface area (Å²) in [4.78, 5) is 41.4. The molecule has 58 heavy (non-hydrogen) atoms. The number of piperazine rings is 2. The maximum Gasteiger partial charge on any atom is 0.275 e. The number of fused-ring (bicyclic) bond motifs is 2. The molecule has 2 aliphatic heterocycles.